The Morgan fingerprint density at radius 2 is 2.11 bits per heavy atom. The van der Waals surface area contributed by atoms with Gasteiger partial charge in [-0.05, 0) is 38.1 Å². The lowest BCUT2D eigenvalue weighted by atomic mass is 10.3. The van der Waals surface area contributed by atoms with Gasteiger partial charge in [0.1, 0.15) is 11.5 Å². The second-order valence-electron chi connectivity index (χ2n) is 4.08. The van der Waals surface area contributed by atoms with Crippen LogP contribution in [0.25, 0.3) is 0 Å². The molecule has 2 aromatic rings. The van der Waals surface area contributed by atoms with Gasteiger partial charge in [0.15, 0.2) is 0 Å². The van der Waals surface area contributed by atoms with Crippen LogP contribution in [0, 0.1) is 6.92 Å². The fraction of sp³-hybridized carbons (Fsp3) is 0.214. The minimum Gasteiger partial charge on any atom is -0.384 e. The zero-order chi connectivity index (χ0) is 13.7. The number of amides is 1. The second-order valence-corrected chi connectivity index (χ2v) is 4.08. The molecule has 0 aromatic carbocycles. The summed E-state index contributed by atoms with van der Waals surface area (Å²) in [5.41, 5.74) is 2.12. The first-order valence-electron chi connectivity index (χ1n) is 6.14. The predicted molar refractivity (Wildman–Crippen MR) is 75.3 cm³/mol. The van der Waals surface area contributed by atoms with Gasteiger partial charge in [-0.15, -0.1) is 0 Å². The third-order valence-electron chi connectivity index (χ3n) is 2.51. The molecule has 0 atom stereocenters. The molecule has 0 saturated heterocycles. The van der Waals surface area contributed by atoms with Gasteiger partial charge < -0.3 is 10.6 Å². The van der Waals surface area contributed by atoms with E-state index in [0.717, 1.165) is 17.9 Å². The highest BCUT2D eigenvalue weighted by Gasteiger charge is 2.08. The maximum absolute atomic E-state index is 12.0. The minimum atomic E-state index is -0.263. The van der Waals surface area contributed by atoms with Gasteiger partial charge in [-0.1, -0.05) is 6.07 Å². The Morgan fingerprint density at radius 3 is 2.74 bits per heavy atom. The average molecular weight is 256 g/mol. The van der Waals surface area contributed by atoms with E-state index in [1.165, 1.54) is 0 Å². The molecule has 5 nitrogen and oxygen atoms in total. The maximum Gasteiger partial charge on any atom is 0.275 e. The second kappa shape index (κ2) is 5.95. The topological polar surface area (TPSA) is 66.9 Å². The number of nitrogens with zero attached hydrogens (tertiary/aromatic N) is 2. The molecule has 0 aliphatic rings. The van der Waals surface area contributed by atoms with Crippen molar-refractivity contribution in [3.8, 4) is 0 Å². The summed E-state index contributed by atoms with van der Waals surface area (Å²) in [6, 6.07) is 8.98. The Labute approximate surface area is 112 Å². The molecule has 0 spiro atoms. The molecule has 0 bridgehead atoms. The summed E-state index contributed by atoms with van der Waals surface area (Å²) in [4.78, 5) is 20.3. The van der Waals surface area contributed by atoms with Crippen LogP contribution in [0.5, 0.6) is 0 Å². The highest BCUT2D eigenvalue weighted by molar-refractivity contribution is 6.02. The molecule has 0 fully saturated rings. The van der Waals surface area contributed by atoms with Gasteiger partial charge in [-0.3, -0.25) is 4.79 Å². The Bertz CT molecular complexity index is 566. The zero-order valence-corrected chi connectivity index (χ0v) is 11.0. The number of carbonyl (C=O) groups is 1. The third kappa shape index (κ3) is 3.51. The summed E-state index contributed by atoms with van der Waals surface area (Å²) in [5.74, 6) is 0.267. The zero-order valence-electron chi connectivity index (χ0n) is 11.0. The third-order valence-corrected chi connectivity index (χ3v) is 2.51. The highest BCUT2D eigenvalue weighted by atomic mass is 16.1. The molecule has 2 heterocycles. The van der Waals surface area contributed by atoms with Crippen LogP contribution < -0.4 is 10.6 Å². The molecule has 2 rings (SSSR count). The summed E-state index contributed by atoms with van der Waals surface area (Å²) in [6.45, 7) is 4.70. The first kappa shape index (κ1) is 13.0. The lowest BCUT2D eigenvalue weighted by molar-refractivity contribution is 0.102. The van der Waals surface area contributed by atoms with Crippen molar-refractivity contribution in [2.45, 2.75) is 13.8 Å². The number of hydrogen-bond donors (Lipinski definition) is 2. The molecule has 2 aromatic heterocycles. The lowest BCUT2D eigenvalue weighted by Gasteiger charge is -2.06. The van der Waals surface area contributed by atoms with Gasteiger partial charge in [0.2, 0.25) is 0 Å². The van der Waals surface area contributed by atoms with Gasteiger partial charge >= 0.3 is 0 Å². The Kier molecular flexibility index (Phi) is 4.07. The number of nitrogens with one attached hydrogen (secondary N) is 2. The molecule has 2 N–H and O–H groups in total. The quantitative estimate of drug-likeness (QED) is 0.881. The maximum atomic E-state index is 12.0. The molecule has 0 saturated carbocycles. The predicted octanol–water partition coefficient (Wildman–Crippen LogP) is 2.47. The van der Waals surface area contributed by atoms with E-state index >= 15 is 0 Å². The van der Waals surface area contributed by atoms with Crippen molar-refractivity contribution in [1.29, 1.82) is 0 Å². The molecular weight excluding hydrogens is 240 g/mol. The summed E-state index contributed by atoms with van der Waals surface area (Å²) in [7, 11) is 0. The van der Waals surface area contributed by atoms with Crippen molar-refractivity contribution >= 4 is 17.4 Å². The molecule has 0 aliphatic heterocycles. The van der Waals surface area contributed by atoms with E-state index in [-0.39, 0.29) is 5.91 Å². The fourth-order valence-corrected chi connectivity index (χ4v) is 1.63. The molecule has 0 aliphatic carbocycles. The van der Waals surface area contributed by atoms with Crippen molar-refractivity contribution in [3.05, 3.63) is 47.9 Å². The van der Waals surface area contributed by atoms with Crippen molar-refractivity contribution < 1.29 is 4.79 Å². The van der Waals surface area contributed by atoms with Crippen molar-refractivity contribution in [2.24, 2.45) is 0 Å². The molecule has 0 radical (unpaired) electrons. The number of rotatable bonds is 4. The summed E-state index contributed by atoms with van der Waals surface area (Å²) >= 11 is 0. The number of carbonyl (C=O) groups excluding carboxylic acids is 1. The monoisotopic (exact) mass is 256 g/mol. The summed E-state index contributed by atoms with van der Waals surface area (Å²) in [5, 5.41) is 5.84. The number of anilines is 2. The lowest BCUT2D eigenvalue weighted by Crippen LogP contribution is -2.14. The normalized spacial score (nSPS) is 10.0. The van der Waals surface area contributed by atoms with Gasteiger partial charge in [0.05, 0.1) is 11.9 Å². The smallest absolute Gasteiger partial charge is 0.275 e. The van der Waals surface area contributed by atoms with Crippen LogP contribution in [-0.4, -0.2) is 22.4 Å². The number of aromatic nitrogens is 2. The van der Waals surface area contributed by atoms with Gasteiger partial charge in [0, 0.05) is 12.2 Å². The average Bonchev–Trinajstić information content (AvgIpc) is 2.40. The van der Waals surface area contributed by atoms with Gasteiger partial charge in [-0.2, -0.15) is 0 Å². The van der Waals surface area contributed by atoms with E-state index in [4.69, 9.17) is 0 Å². The van der Waals surface area contributed by atoms with Crippen LogP contribution in [-0.2, 0) is 0 Å². The van der Waals surface area contributed by atoms with E-state index in [1.54, 1.807) is 18.3 Å². The first-order valence-corrected chi connectivity index (χ1v) is 6.14. The van der Waals surface area contributed by atoms with E-state index in [2.05, 4.69) is 20.6 Å². The van der Waals surface area contributed by atoms with Gasteiger partial charge in [-0.25, -0.2) is 9.97 Å². The van der Waals surface area contributed by atoms with E-state index < -0.39 is 0 Å². The SMILES string of the molecule is CCNc1ccc(C(=O)Nc2cccc(C)n2)nc1. The minimum absolute atomic E-state index is 0.263. The number of hydrogen-bond acceptors (Lipinski definition) is 4. The molecule has 98 valence electrons. The van der Waals surface area contributed by atoms with Crippen molar-refractivity contribution in [3.63, 3.8) is 0 Å². The van der Waals surface area contributed by atoms with Gasteiger partial charge in [0.25, 0.3) is 5.91 Å². The van der Waals surface area contributed by atoms with E-state index in [1.807, 2.05) is 32.0 Å². The van der Waals surface area contributed by atoms with Crippen LogP contribution in [0.2, 0.25) is 0 Å². The largest absolute Gasteiger partial charge is 0.384 e. The summed E-state index contributed by atoms with van der Waals surface area (Å²) < 4.78 is 0. The standard InChI is InChI=1S/C14H16N4O/c1-3-15-11-7-8-12(16-9-11)14(19)18-13-6-4-5-10(2)17-13/h4-9,15H,3H2,1-2H3,(H,17,18,19). The van der Waals surface area contributed by atoms with Crippen LogP contribution in [0.15, 0.2) is 36.5 Å². The molecule has 19 heavy (non-hydrogen) atoms. The fourth-order valence-electron chi connectivity index (χ4n) is 1.63. The highest BCUT2D eigenvalue weighted by Crippen LogP contribution is 2.09. The summed E-state index contributed by atoms with van der Waals surface area (Å²) in [6.07, 6.45) is 1.64. The van der Waals surface area contributed by atoms with Crippen molar-refractivity contribution in [2.75, 3.05) is 17.2 Å². The molecular formula is C14H16N4O. The number of pyridine rings is 2. The van der Waals surface area contributed by atoms with Crippen LogP contribution in [0.3, 0.4) is 0 Å². The Morgan fingerprint density at radius 1 is 1.26 bits per heavy atom. The molecule has 0 unspecified atom stereocenters. The van der Waals surface area contributed by atoms with Crippen molar-refractivity contribution in [1.82, 2.24) is 9.97 Å². The van der Waals surface area contributed by atoms with Crippen LogP contribution in [0.1, 0.15) is 23.1 Å². The molecule has 5 heteroatoms. The Hall–Kier alpha value is -2.43. The molecule has 1 amide bonds. The van der Waals surface area contributed by atoms with Crippen LogP contribution >= 0.6 is 0 Å². The first-order chi connectivity index (χ1) is 9.19. The van der Waals surface area contributed by atoms with E-state index in [9.17, 15) is 4.79 Å². The van der Waals surface area contributed by atoms with E-state index in [0.29, 0.717) is 11.5 Å². The van der Waals surface area contributed by atoms with Crippen LogP contribution in [0.4, 0.5) is 11.5 Å². The Balaban J connectivity index is 2.07. The number of aryl methyl sites for hydroxylation is 1.